The Morgan fingerprint density at radius 2 is 1.45 bits per heavy atom. The summed E-state index contributed by atoms with van der Waals surface area (Å²) in [7, 11) is 0. The van der Waals surface area contributed by atoms with Crippen molar-refractivity contribution in [2.75, 3.05) is 19.8 Å². The van der Waals surface area contributed by atoms with E-state index in [9.17, 15) is 34.5 Å². The molecule has 0 aromatic heterocycles. The molecule has 2 saturated carbocycles. The predicted octanol–water partition coefficient (Wildman–Crippen LogP) is 10.2. The molecule has 7 rings (SSSR count). The first kappa shape index (κ1) is 65.8. The molecular weight excluding hydrogens is 1080 g/mol. The third-order valence-electron chi connectivity index (χ3n) is 17.7. The molecule has 2 saturated heterocycles. The summed E-state index contributed by atoms with van der Waals surface area (Å²) in [6.07, 6.45) is 6.01. The Morgan fingerprint density at radius 3 is 2.06 bits per heavy atom. The number of hydrogen-bond donors (Lipinski definition) is 4. The maximum Gasteiger partial charge on any atom is 0.509 e. The first-order chi connectivity index (χ1) is 39.9. The Kier molecular flexibility index (Phi) is 22.5. The zero-order valence-corrected chi connectivity index (χ0v) is 50.6. The number of ether oxygens (including phenoxy) is 9. The number of ketones is 1. The van der Waals surface area contributed by atoms with Gasteiger partial charge in [0.05, 0.1) is 36.2 Å². The van der Waals surface area contributed by atoms with Crippen LogP contribution in [0.15, 0.2) is 84.0 Å². The van der Waals surface area contributed by atoms with E-state index in [1.165, 1.54) is 78.4 Å². The van der Waals surface area contributed by atoms with E-state index in [-0.39, 0.29) is 48.5 Å². The molecule has 2 bridgehead atoms. The smallest absolute Gasteiger partial charge is 0.455 e. The number of rotatable bonds is 26. The first-order valence-corrected chi connectivity index (χ1v) is 30.3. The maximum atomic E-state index is 15.3. The standard InChI is InChI=1S/C65H91NO18/c1-10-11-12-13-14-15-16-17-18-19-20-21-22-23-30-35-49-76-38-45(79-49)39-77-60(74)81-53(51(43-31-26-24-27-32-43)66-59(73)84-61(4,5)6)58(72)80-46-37-65(75)56(82-57(71)44-33-28-25-29-34-44)54-63(9,55(70)52(69)50(41(46)2)62(65,7)8)47(68)36-48-64(54,40-78-48)83-42(3)67/h17-18,24-29,31-34,45-49,51-54,56,68-69,75H,10-16,19-23,30,35-40H2,1-9H3,(H,66,73)/b18-17-/t45?,46-,47-,48+,49?,51-,52+,53+,54-,56-,63+,64-,65+/m0/s1. The van der Waals surface area contributed by atoms with Crippen LogP contribution in [-0.2, 0) is 57.0 Å². The lowest BCUT2D eigenvalue weighted by Gasteiger charge is -2.67. The second-order valence-corrected chi connectivity index (χ2v) is 25.1. The van der Waals surface area contributed by atoms with Crippen molar-refractivity contribution in [2.24, 2.45) is 16.7 Å². The molecule has 2 aliphatic heterocycles. The van der Waals surface area contributed by atoms with Crippen LogP contribution in [-0.4, -0.2) is 137 Å². The number of aliphatic hydroxyl groups is 3. The Balaban J connectivity index is 1.12. The van der Waals surface area contributed by atoms with Crippen LogP contribution in [0.3, 0.4) is 0 Å². The number of unbranched alkanes of at least 4 members (excludes halogenated alkanes) is 11. The normalized spacial score (nSPS) is 29.6. The second kappa shape index (κ2) is 28.7. The summed E-state index contributed by atoms with van der Waals surface area (Å²) < 4.78 is 53.9. The van der Waals surface area contributed by atoms with Gasteiger partial charge >= 0.3 is 30.2 Å². The average molecular weight is 1170 g/mol. The molecule has 4 fully saturated rings. The number of Topliss-reactive ketones (excluding diaryl/α,β-unsaturated/α-hetero) is 1. The minimum absolute atomic E-state index is 0.0518. The molecule has 2 heterocycles. The van der Waals surface area contributed by atoms with E-state index in [2.05, 4.69) is 24.4 Å². The predicted molar refractivity (Wildman–Crippen MR) is 308 cm³/mol. The molecule has 1 amide bonds. The van der Waals surface area contributed by atoms with Crippen molar-refractivity contribution >= 4 is 35.9 Å². The van der Waals surface area contributed by atoms with E-state index in [4.69, 9.17) is 42.6 Å². The van der Waals surface area contributed by atoms with Crippen molar-refractivity contribution in [3.8, 4) is 0 Å². The summed E-state index contributed by atoms with van der Waals surface area (Å²) in [6, 6.07) is 14.4. The zero-order valence-electron chi connectivity index (χ0n) is 50.6. The number of amides is 1. The molecule has 84 heavy (non-hydrogen) atoms. The third kappa shape index (κ3) is 15.1. The number of benzene rings is 2. The highest BCUT2D eigenvalue weighted by molar-refractivity contribution is 5.94. The molecular formula is C65H91NO18. The topological polar surface area (TPSA) is 258 Å². The highest BCUT2D eigenvalue weighted by atomic mass is 16.8. The van der Waals surface area contributed by atoms with Crippen LogP contribution >= 0.6 is 0 Å². The molecule has 464 valence electrons. The quantitative estimate of drug-likeness (QED) is 0.0295. The van der Waals surface area contributed by atoms with Crippen LogP contribution < -0.4 is 5.32 Å². The summed E-state index contributed by atoms with van der Waals surface area (Å²) in [4.78, 5) is 85.9. The second-order valence-electron chi connectivity index (χ2n) is 25.1. The van der Waals surface area contributed by atoms with Gasteiger partial charge in [-0.2, -0.15) is 0 Å². The van der Waals surface area contributed by atoms with Gasteiger partial charge in [-0.25, -0.2) is 19.2 Å². The molecule has 19 nitrogen and oxygen atoms in total. The number of esters is 3. The van der Waals surface area contributed by atoms with Crippen LogP contribution in [0.4, 0.5) is 9.59 Å². The highest BCUT2D eigenvalue weighted by Crippen LogP contribution is 2.64. The number of carbonyl (C=O) groups is 6. The number of alkyl carbamates (subject to hydrolysis) is 1. The largest absolute Gasteiger partial charge is 0.509 e. The van der Waals surface area contributed by atoms with Crippen molar-refractivity contribution in [2.45, 2.75) is 237 Å². The van der Waals surface area contributed by atoms with Crippen molar-refractivity contribution in [1.29, 1.82) is 0 Å². The molecule has 4 N–H and O–H groups in total. The molecule has 0 radical (unpaired) electrons. The number of allylic oxidation sites excluding steroid dienone is 2. The molecule has 13 atom stereocenters. The van der Waals surface area contributed by atoms with Gasteiger partial charge in [-0.05, 0) is 102 Å². The summed E-state index contributed by atoms with van der Waals surface area (Å²) in [5.74, 6) is -5.56. The van der Waals surface area contributed by atoms with Crippen LogP contribution in [0, 0.1) is 16.7 Å². The first-order valence-electron chi connectivity index (χ1n) is 30.3. The van der Waals surface area contributed by atoms with Crippen LogP contribution in [0.25, 0.3) is 0 Å². The van der Waals surface area contributed by atoms with Crippen molar-refractivity contribution < 1.29 is 86.7 Å². The van der Waals surface area contributed by atoms with Gasteiger partial charge in [0.15, 0.2) is 17.7 Å². The zero-order chi connectivity index (χ0) is 61.0. The van der Waals surface area contributed by atoms with Crippen molar-refractivity contribution in [3.63, 3.8) is 0 Å². The van der Waals surface area contributed by atoms with E-state index >= 15 is 9.59 Å². The molecule has 19 heteroatoms. The van der Waals surface area contributed by atoms with E-state index in [0.717, 1.165) is 51.9 Å². The molecule has 5 aliphatic rings. The van der Waals surface area contributed by atoms with Crippen molar-refractivity contribution in [1.82, 2.24) is 5.32 Å². The summed E-state index contributed by atoms with van der Waals surface area (Å²) in [6.45, 7) is 13.7. The number of nitrogens with one attached hydrogen (secondary N) is 1. The van der Waals surface area contributed by atoms with Crippen molar-refractivity contribution in [3.05, 3.63) is 95.1 Å². The van der Waals surface area contributed by atoms with E-state index < -0.39 is 131 Å². The summed E-state index contributed by atoms with van der Waals surface area (Å²) in [5.41, 5.74) is -8.76. The fourth-order valence-electron chi connectivity index (χ4n) is 13.1. The summed E-state index contributed by atoms with van der Waals surface area (Å²) >= 11 is 0. The van der Waals surface area contributed by atoms with E-state index in [1.54, 1.807) is 69.3 Å². The fourth-order valence-corrected chi connectivity index (χ4v) is 13.1. The number of hydrogen-bond acceptors (Lipinski definition) is 18. The lowest BCUT2D eigenvalue weighted by Crippen LogP contribution is -2.81. The Morgan fingerprint density at radius 1 is 0.833 bits per heavy atom. The van der Waals surface area contributed by atoms with Gasteiger partial charge in [0.2, 0.25) is 6.10 Å². The SMILES string of the molecule is CCCCCCCC/C=C\CCCCCCCC1OCC(COC(=O)O[C@@H](C(=O)O[C@H]2C[C@@]3(O)[C@@H](OC(=O)c4ccccc4)[C@@H]4[C@]5(OC(C)=O)CO[C@@H]5C[C@H](O)[C@@]4(C)C(=O)[C@H](O)C(=C2C)C3(C)C)[C@@H](NC(=O)OC(C)(C)C)c2ccccc2)O1. The van der Waals surface area contributed by atoms with Gasteiger partial charge in [0, 0.05) is 25.2 Å². The monoisotopic (exact) mass is 1170 g/mol. The lowest BCUT2D eigenvalue weighted by atomic mass is 9.44. The molecule has 0 spiro atoms. The van der Waals surface area contributed by atoms with Crippen LogP contribution in [0.2, 0.25) is 0 Å². The third-order valence-corrected chi connectivity index (χ3v) is 17.7. The van der Waals surface area contributed by atoms with Gasteiger partial charge in [0.25, 0.3) is 0 Å². The molecule has 3 aliphatic carbocycles. The minimum Gasteiger partial charge on any atom is -0.455 e. The van der Waals surface area contributed by atoms with E-state index in [1.807, 2.05) is 0 Å². The van der Waals surface area contributed by atoms with Gasteiger partial charge in [-0.15, -0.1) is 0 Å². The maximum absolute atomic E-state index is 15.3. The van der Waals surface area contributed by atoms with Gasteiger partial charge < -0.3 is 63.3 Å². The van der Waals surface area contributed by atoms with Gasteiger partial charge in [-0.3, -0.25) is 9.59 Å². The van der Waals surface area contributed by atoms with Crippen LogP contribution in [0.1, 0.15) is 187 Å². The lowest BCUT2D eigenvalue weighted by molar-refractivity contribution is -0.346. The number of fused-ring (bicyclic) bond motifs is 5. The van der Waals surface area contributed by atoms with E-state index in [0.29, 0.717) is 6.42 Å². The number of aliphatic hydroxyl groups excluding tert-OH is 2. The molecule has 2 unspecified atom stereocenters. The Bertz CT molecular complexity index is 2630. The number of carbonyl (C=O) groups excluding carboxylic acids is 6. The fraction of sp³-hybridized carbons (Fsp3) is 0.662. The van der Waals surface area contributed by atoms with Gasteiger partial charge in [0.1, 0.15) is 54.4 Å². The molecule has 2 aromatic carbocycles. The minimum atomic E-state index is -2.46. The average Bonchev–Trinajstić information content (AvgIpc) is 0.713. The van der Waals surface area contributed by atoms with Crippen LogP contribution in [0.5, 0.6) is 0 Å². The molecule has 2 aromatic rings. The Labute approximate surface area is 494 Å². The van der Waals surface area contributed by atoms with Gasteiger partial charge in [-0.1, -0.05) is 133 Å². The Hall–Kier alpha value is -5.70. The highest BCUT2D eigenvalue weighted by Gasteiger charge is 2.78. The summed E-state index contributed by atoms with van der Waals surface area (Å²) in [5, 5.41) is 41.2.